The average Bonchev–Trinajstić information content (AvgIpc) is 2.83. The highest BCUT2D eigenvalue weighted by atomic mass is 19.1. The molecule has 2 heterocycles. The molecule has 4 aromatic rings. The van der Waals surface area contributed by atoms with Gasteiger partial charge in [0.2, 0.25) is 5.91 Å². The minimum absolute atomic E-state index is 0.314. The number of methoxy groups -OCH3 is 1. The molecular formula is C25H24FN5O2. The van der Waals surface area contributed by atoms with Gasteiger partial charge in [0.05, 0.1) is 7.11 Å². The number of nitrogens with zero attached hydrogens (tertiary/aromatic N) is 3. The lowest BCUT2D eigenvalue weighted by Gasteiger charge is -2.15. The van der Waals surface area contributed by atoms with Crippen LogP contribution in [-0.2, 0) is 4.79 Å². The van der Waals surface area contributed by atoms with Crippen LogP contribution in [0.1, 0.15) is 19.3 Å². The smallest absolute Gasteiger partial charge is 0.217 e. The fraction of sp³-hybridized carbons (Fsp3) is 0.200. The van der Waals surface area contributed by atoms with Crippen molar-refractivity contribution in [3.8, 4) is 28.3 Å². The van der Waals surface area contributed by atoms with Crippen molar-refractivity contribution in [1.82, 2.24) is 15.0 Å². The van der Waals surface area contributed by atoms with Crippen molar-refractivity contribution in [2.45, 2.75) is 19.3 Å². The molecule has 1 amide bonds. The van der Waals surface area contributed by atoms with E-state index in [1.54, 1.807) is 25.6 Å². The van der Waals surface area contributed by atoms with E-state index in [9.17, 15) is 9.18 Å². The number of nitrogens with one attached hydrogen (secondary N) is 1. The maximum Gasteiger partial charge on any atom is 0.217 e. The van der Waals surface area contributed by atoms with E-state index in [1.165, 1.54) is 12.1 Å². The Labute approximate surface area is 190 Å². The molecule has 0 fully saturated rings. The topological polar surface area (TPSA) is 103 Å². The van der Waals surface area contributed by atoms with Crippen LogP contribution in [0.15, 0.2) is 60.9 Å². The molecule has 0 bridgehead atoms. The van der Waals surface area contributed by atoms with Gasteiger partial charge in [-0.3, -0.25) is 9.78 Å². The lowest BCUT2D eigenvalue weighted by atomic mass is 10.0. The van der Waals surface area contributed by atoms with Gasteiger partial charge in [0.1, 0.15) is 22.9 Å². The summed E-state index contributed by atoms with van der Waals surface area (Å²) in [6.45, 7) is 0.596. The first-order valence-electron chi connectivity index (χ1n) is 10.6. The second kappa shape index (κ2) is 10.0. The van der Waals surface area contributed by atoms with Crippen molar-refractivity contribution >= 4 is 22.6 Å². The van der Waals surface area contributed by atoms with Gasteiger partial charge in [-0.1, -0.05) is 12.1 Å². The molecule has 168 valence electrons. The van der Waals surface area contributed by atoms with Crippen LogP contribution in [0, 0.1) is 5.82 Å². The fourth-order valence-electron chi connectivity index (χ4n) is 3.58. The Balaban J connectivity index is 1.80. The summed E-state index contributed by atoms with van der Waals surface area (Å²) >= 11 is 0. The molecule has 0 atom stereocenters. The van der Waals surface area contributed by atoms with Crippen LogP contribution in [0.3, 0.4) is 0 Å². The molecule has 0 saturated carbocycles. The van der Waals surface area contributed by atoms with E-state index in [1.807, 2.05) is 30.3 Å². The van der Waals surface area contributed by atoms with Crippen molar-refractivity contribution in [2.75, 3.05) is 19.0 Å². The molecule has 0 saturated heterocycles. The van der Waals surface area contributed by atoms with Crippen molar-refractivity contribution in [1.29, 1.82) is 0 Å². The third-order valence-electron chi connectivity index (χ3n) is 5.21. The molecule has 4 rings (SSSR count). The monoisotopic (exact) mass is 445 g/mol. The molecule has 0 aliphatic carbocycles. The van der Waals surface area contributed by atoms with Gasteiger partial charge in [-0.2, -0.15) is 0 Å². The predicted molar refractivity (Wildman–Crippen MR) is 126 cm³/mol. The number of nitrogens with two attached hydrogens (primary N) is 1. The van der Waals surface area contributed by atoms with Crippen LogP contribution in [0.5, 0.6) is 5.75 Å². The molecule has 7 nitrogen and oxygen atoms in total. The summed E-state index contributed by atoms with van der Waals surface area (Å²) in [6.07, 6.45) is 5.15. The van der Waals surface area contributed by atoms with Crippen molar-refractivity contribution in [3.05, 3.63) is 66.7 Å². The summed E-state index contributed by atoms with van der Waals surface area (Å²) in [6, 6.07) is 13.9. The normalized spacial score (nSPS) is 10.8. The van der Waals surface area contributed by atoms with E-state index < -0.39 is 0 Å². The number of hydrogen-bond acceptors (Lipinski definition) is 6. The van der Waals surface area contributed by atoms with Crippen LogP contribution >= 0.6 is 0 Å². The van der Waals surface area contributed by atoms with Gasteiger partial charge in [0, 0.05) is 36.3 Å². The first-order chi connectivity index (χ1) is 16.0. The highest BCUT2D eigenvalue weighted by Crippen LogP contribution is 2.36. The Morgan fingerprint density at radius 3 is 2.64 bits per heavy atom. The quantitative estimate of drug-likeness (QED) is 0.366. The zero-order valence-electron chi connectivity index (χ0n) is 18.2. The van der Waals surface area contributed by atoms with Gasteiger partial charge >= 0.3 is 0 Å². The van der Waals surface area contributed by atoms with Crippen LogP contribution in [0.2, 0.25) is 0 Å². The number of carbonyl (C=O) groups is 1. The molecular weight excluding hydrogens is 421 g/mol. The molecule has 0 aliphatic heterocycles. The van der Waals surface area contributed by atoms with Gasteiger partial charge in [-0.25, -0.2) is 14.4 Å². The predicted octanol–water partition coefficient (Wildman–Crippen LogP) is 4.57. The summed E-state index contributed by atoms with van der Waals surface area (Å²) in [5.41, 5.74) is 8.14. The first-order valence-corrected chi connectivity index (χ1v) is 10.6. The third-order valence-corrected chi connectivity index (χ3v) is 5.21. The van der Waals surface area contributed by atoms with Gasteiger partial charge < -0.3 is 15.8 Å². The molecule has 2 aromatic heterocycles. The average molecular weight is 445 g/mol. The number of hydrogen-bond donors (Lipinski definition) is 2. The Bertz CT molecular complexity index is 1280. The minimum atomic E-state index is -0.317. The van der Waals surface area contributed by atoms with Crippen LogP contribution in [-0.4, -0.2) is 34.5 Å². The van der Waals surface area contributed by atoms with Gasteiger partial charge in [-0.05, 0) is 60.4 Å². The number of fused-ring (bicyclic) bond motifs is 1. The summed E-state index contributed by atoms with van der Waals surface area (Å²) in [4.78, 5) is 24.7. The molecule has 3 N–H and O–H groups in total. The number of ether oxygens (including phenoxy) is 1. The lowest BCUT2D eigenvalue weighted by molar-refractivity contribution is -0.118. The Kier molecular flexibility index (Phi) is 6.73. The second-order valence-electron chi connectivity index (χ2n) is 7.57. The Morgan fingerprint density at radius 1 is 1.06 bits per heavy atom. The second-order valence-corrected chi connectivity index (χ2v) is 7.57. The lowest BCUT2D eigenvalue weighted by Crippen LogP contribution is -2.11. The van der Waals surface area contributed by atoms with E-state index in [0.29, 0.717) is 42.3 Å². The van der Waals surface area contributed by atoms with E-state index in [-0.39, 0.29) is 11.7 Å². The number of benzene rings is 2. The van der Waals surface area contributed by atoms with Crippen LogP contribution in [0.25, 0.3) is 33.4 Å². The van der Waals surface area contributed by atoms with Gasteiger partial charge in [0.15, 0.2) is 5.82 Å². The summed E-state index contributed by atoms with van der Waals surface area (Å²) in [7, 11) is 1.58. The van der Waals surface area contributed by atoms with Gasteiger partial charge in [-0.15, -0.1) is 0 Å². The Hall–Kier alpha value is -4.07. The standard InChI is InChI=1S/C25H24FN5O2/c1-33-21-14-18(16-6-4-8-19(26)12-16)13-20-23(21)30-24(17-7-5-10-28-15-17)31-25(20)29-11-3-2-9-22(27)32/h4-8,10,12-15H,2-3,9,11H2,1H3,(H2,27,32)(H,29,30,31). The number of pyridine rings is 1. The zero-order valence-corrected chi connectivity index (χ0v) is 18.2. The van der Waals surface area contributed by atoms with E-state index in [4.69, 9.17) is 20.4 Å². The largest absolute Gasteiger partial charge is 0.494 e. The summed E-state index contributed by atoms with van der Waals surface area (Å²) in [5.74, 6) is 1.05. The molecule has 0 spiro atoms. The molecule has 0 unspecified atom stereocenters. The zero-order chi connectivity index (χ0) is 23.2. The van der Waals surface area contributed by atoms with Crippen molar-refractivity contribution in [2.24, 2.45) is 5.73 Å². The maximum absolute atomic E-state index is 13.9. The molecule has 0 aliphatic rings. The minimum Gasteiger partial charge on any atom is -0.494 e. The Morgan fingerprint density at radius 2 is 1.91 bits per heavy atom. The van der Waals surface area contributed by atoms with E-state index in [2.05, 4.69) is 10.3 Å². The van der Waals surface area contributed by atoms with E-state index in [0.717, 1.165) is 28.5 Å². The van der Waals surface area contributed by atoms with Crippen molar-refractivity contribution in [3.63, 3.8) is 0 Å². The third kappa shape index (κ3) is 5.23. The number of amides is 1. The highest BCUT2D eigenvalue weighted by molar-refractivity contribution is 5.97. The number of carbonyl (C=O) groups excluding carboxylic acids is 1. The first kappa shape index (κ1) is 22.1. The van der Waals surface area contributed by atoms with E-state index >= 15 is 0 Å². The van der Waals surface area contributed by atoms with Crippen LogP contribution < -0.4 is 15.8 Å². The fourth-order valence-corrected chi connectivity index (χ4v) is 3.58. The number of primary amides is 1. The molecule has 2 aromatic carbocycles. The number of halogens is 1. The molecule has 33 heavy (non-hydrogen) atoms. The van der Waals surface area contributed by atoms with Crippen LogP contribution in [0.4, 0.5) is 10.2 Å². The number of aromatic nitrogens is 3. The number of unbranched alkanes of at least 4 members (excludes halogenated alkanes) is 1. The number of rotatable bonds is 9. The molecule has 8 heteroatoms. The summed E-state index contributed by atoms with van der Waals surface area (Å²) < 4.78 is 19.5. The highest BCUT2D eigenvalue weighted by Gasteiger charge is 2.16. The SMILES string of the molecule is COc1cc(-c2cccc(F)c2)cc2c(NCCCCC(N)=O)nc(-c3cccnc3)nc12. The maximum atomic E-state index is 13.9. The summed E-state index contributed by atoms with van der Waals surface area (Å²) in [5, 5.41) is 4.11. The van der Waals surface area contributed by atoms with Crippen molar-refractivity contribution < 1.29 is 13.9 Å². The number of anilines is 1. The molecule has 0 radical (unpaired) electrons. The van der Waals surface area contributed by atoms with Gasteiger partial charge in [0.25, 0.3) is 0 Å².